The van der Waals surface area contributed by atoms with E-state index in [1.54, 1.807) is 18.2 Å². The first-order chi connectivity index (χ1) is 15.2. The summed E-state index contributed by atoms with van der Waals surface area (Å²) >= 11 is 3.22. The number of anilines is 1. The Hall–Kier alpha value is -4.32. The number of oxazole rings is 1. The molecule has 0 radical (unpaired) electrons. The largest absolute Gasteiger partial charge is 0.507 e. The Kier molecular flexibility index (Phi) is 5.28. The predicted molar refractivity (Wildman–Crippen MR) is 117 cm³/mol. The number of amides is 1. The molecule has 1 amide bonds. The van der Waals surface area contributed by atoms with E-state index in [0.717, 1.165) is 18.2 Å². The number of aromatic hydroxyl groups is 1. The highest BCUT2D eigenvalue weighted by Gasteiger charge is 2.20. The number of hydrogen-bond acceptors (Lipinski definition) is 8. The van der Waals surface area contributed by atoms with Crippen LogP contribution in [-0.4, -0.2) is 25.8 Å². The Morgan fingerprint density at radius 2 is 1.69 bits per heavy atom. The lowest BCUT2D eigenvalue weighted by molar-refractivity contribution is -0.394. The fourth-order valence-electron chi connectivity index (χ4n) is 2.91. The smallest absolute Gasteiger partial charge is 0.277 e. The Bertz CT molecular complexity index is 1380. The highest BCUT2D eigenvalue weighted by molar-refractivity contribution is 9.10. The molecule has 0 bridgehead atoms. The van der Waals surface area contributed by atoms with Crippen molar-refractivity contribution in [1.82, 2.24) is 4.98 Å². The molecule has 1 aromatic heterocycles. The molecule has 12 heteroatoms. The molecule has 4 rings (SSSR count). The Balaban J connectivity index is 1.63. The number of fused-ring (bicyclic) bond motifs is 1. The highest BCUT2D eigenvalue weighted by Crippen LogP contribution is 2.32. The topological polar surface area (TPSA) is 162 Å². The third-order valence-electron chi connectivity index (χ3n) is 4.43. The molecule has 160 valence electrons. The van der Waals surface area contributed by atoms with E-state index in [0.29, 0.717) is 32.7 Å². The first-order valence-electron chi connectivity index (χ1n) is 8.86. The molecule has 0 saturated carbocycles. The van der Waals surface area contributed by atoms with Crippen molar-refractivity contribution >= 4 is 50.0 Å². The normalized spacial score (nSPS) is 10.8. The number of phenols is 1. The van der Waals surface area contributed by atoms with Crippen molar-refractivity contribution < 1.29 is 24.2 Å². The van der Waals surface area contributed by atoms with Crippen molar-refractivity contribution in [2.75, 3.05) is 5.32 Å². The molecule has 0 saturated heterocycles. The minimum Gasteiger partial charge on any atom is -0.507 e. The van der Waals surface area contributed by atoms with Crippen molar-refractivity contribution in [3.63, 3.8) is 0 Å². The van der Waals surface area contributed by atoms with Crippen molar-refractivity contribution in [3.8, 4) is 17.2 Å². The number of rotatable bonds is 5. The minimum atomic E-state index is -0.811. The summed E-state index contributed by atoms with van der Waals surface area (Å²) in [5, 5.41) is 34.2. The van der Waals surface area contributed by atoms with Gasteiger partial charge in [0.25, 0.3) is 17.3 Å². The van der Waals surface area contributed by atoms with Gasteiger partial charge in [0.05, 0.1) is 25.9 Å². The molecule has 0 aliphatic heterocycles. The standard InChI is InChI=1S/C20H11BrN4O7/c21-15-7-10(1-3-17(15)26)20-23-16-8-12(2-4-18(16)32-20)22-19(27)11-5-13(24(28)29)9-14(6-11)25(30)31/h1-9,26H,(H,22,27). The SMILES string of the molecule is O=C(Nc1ccc2oc(-c3ccc(O)c(Br)c3)nc2c1)c1cc([N+](=O)[O-])cc([N+](=O)[O-])c1. The lowest BCUT2D eigenvalue weighted by Gasteiger charge is -2.05. The maximum Gasteiger partial charge on any atom is 0.277 e. The molecule has 0 spiro atoms. The van der Waals surface area contributed by atoms with Gasteiger partial charge in [-0.3, -0.25) is 25.0 Å². The van der Waals surface area contributed by atoms with Crippen LogP contribution in [0.1, 0.15) is 10.4 Å². The molecule has 3 aromatic carbocycles. The highest BCUT2D eigenvalue weighted by atomic mass is 79.9. The third-order valence-corrected chi connectivity index (χ3v) is 5.06. The summed E-state index contributed by atoms with van der Waals surface area (Å²) in [4.78, 5) is 37.4. The van der Waals surface area contributed by atoms with Crippen LogP contribution in [0.2, 0.25) is 0 Å². The number of non-ortho nitro benzene ring substituents is 2. The second-order valence-electron chi connectivity index (χ2n) is 6.57. The van der Waals surface area contributed by atoms with Crippen molar-refractivity contribution in [1.29, 1.82) is 0 Å². The average Bonchev–Trinajstić information content (AvgIpc) is 3.18. The second kappa shape index (κ2) is 8.07. The number of halogens is 1. The van der Waals surface area contributed by atoms with Gasteiger partial charge in [-0.25, -0.2) is 4.98 Å². The molecule has 11 nitrogen and oxygen atoms in total. The van der Waals surface area contributed by atoms with Crippen molar-refractivity contribution in [2.45, 2.75) is 0 Å². The van der Waals surface area contributed by atoms with Gasteiger partial charge in [-0.15, -0.1) is 0 Å². The zero-order chi connectivity index (χ0) is 23.0. The summed E-state index contributed by atoms with van der Waals surface area (Å²) in [6.07, 6.45) is 0. The molecule has 4 aromatic rings. The Morgan fingerprint density at radius 1 is 1.00 bits per heavy atom. The van der Waals surface area contributed by atoms with E-state index in [9.17, 15) is 30.1 Å². The van der Waals surface area contributed by atoms with E-state index in [1.165, 1.54) is 18.2 Å². The van der Waals surface area contributed by atoms with Crippen LogP contribution in [-0.2, 0) is 0 Å². The third kappa shape index (κ3) is 4.11. The number of carbonyl (C=O) groups is 1. The molecule has 0 fully saturated rings. The maximum absolute atomic E-state index is 12.6. The summed E-state index contributed by atoms with van der Waals surface area (Å²) in [6.45, 7) is 0. The molecule has 32 heavy (non-hydrogen) atoms. The molecule has 0 aliphatic rings. The van der Waals surface area contributed by atoms with Crippen LogP contribution >= 0.6 is 15.9 Å². The van der Waals surface area contributed by atoms with Gasteiger partial charge < -0.3 is 14.8 Å². The maximum atomic E-state index is 12.6. The van der Waals surface area contributed by atoms with Crippen LogP contribution in [0, 0.1) is 20.2 Å². The number of nitro groups is 2. The van der Waals surface area contributed by atoms with E-state index < -0.39 is 27.1 Å². The van der Waals surface area contributed by atoms with E-state index in [2.05, 4.69) is 26.2 Å². The minimum absolute atomic E-state index is 0.0660. The van der Waals surface area contributed by atoms with Gasteiger partial charge in [-0.05, 0) is 52.3 Å². The molecule has 1 heterocycles. The monoisotopic (exact) mass is 498 g/mol. The van der Waals surface area contributed by atoms with Crippen LogP contribution in [0.3, 0.4) is 0 Å². The van der Waals surface area contributed by atoms with Crippen molar-refractivity contribution in [3.05, 3.63) is 84.9 Å². The van der Waals surface area contributed by atoms with Crippen molar-refractivity contribution in [2.24, 2.45) is 0 Å². The summed E-state index contributed by atoms with van der Waals surface area (Å²) in [7, 11) is 0. The van der Waals surface area contributed by atoms with Gasteiger partial charge in [0.2, 0.25) is 5.89 Å². The zero-order valence-electron chi connectivity index (χ0n) is 15.8. The number of carbonyl (C=O) groups excluding carboxylic acids is 1. The number of benzene rings is 3. The van der Waals surface area contributed by atoms with Crippen LogP contribution in [0.5, 0.6) is 5.75 Å². The predicted octanol–water partition coefficient (Wildman–Crippen LogP) is 5.03. The van der Waals surface area contributed by atoms with Crippen LogP contribution in [0.4, 0.5) is 17.1 Å². The summed E-state index contributed by atoms with van der Waals surface area (Å²) < 4.78 is 6.17. The summed E-state index contributed by atoms with van der Waals surface area (Å²) in [5.41, 5.74) is 0.409. The number of phenolic OH excluding ortho intramolecular Hbond substituents is 1. The zero-order valence-corrected chi connectivity index (χ0v) is 17.4. The first-order valence-corrected chi connectivity index (χ1v) is 9.65. The van der Waals surface area contributed by atoms with E-state index in [-0.39, 0.29) is 11.3 Å². The summed E-state index contributed by atoms with van der Waals surface area (Å²) in [5.74, 6) is -0.405. The molecule has 2 N–H and O–H groups in total. The van der Waals surface area contributed by atoms with Gasteiger partial charge in [0, 0.05) is 23.4 Å². The number of hydrogen-bond donors (Lipinski definition) is 2. The average molecular weight is 499 g/mol. The van der Waals surface area contributed by atoms with Crippen LogP contribution in [0.25, 0.3) is 22.6 Å². The number of nitrogens with one attached hydrogen (secondary N) is 1. The number of nitrogens with zero attached hydrogens (tertiary/aromatic N) is 3. The van der Waals surface area contributed by atoms with E-state index in [4.69, 9.17) is 4.42 Å². The first kappa shape index (κ1) is 20.9. The fourth-order valence-corrected chi connectivity index (χ4v) is 3.29. The van der Waals surface area contributed by atoms with Gasteiger partial charge in [-0.1, -0.05) is 0 Å². The molecule has 0 aliphatic carbocycles. The molecular formula is C20H11BrN4O7. The lowest BCUT2D eigenvalue weighted by atomic mass is 10.1. The van der Waals surface area contributed by atoms with E-state index in [1.807, 2.05) is 0 Å². The van der Waals surface area contributed by atoms with Crippen LogP contribution < -0.4 is 5.32 Å². The van der Waals surface area contributed by atoms with Gasteiger partial charge in [0.15, 0.2) is 5.58 Å². The van der Waals surface area contributed by atoms with Crippen LogP contribution in [0.15, 0.2) is 63.5 Å². The number of nitro benzene ring substituents is 2. The summed E-state index contributed by atoms with van der Waals surface area (Å²) in [6, 6.07) is 12.1. The second-order valence-corrected chi connectivity index (χ2v) is 7.43. The molecule has 0 unspecified atom stereocenters. The lowest BCUT2D eigenvalue weighted by Crippen LogP contribution is -2.12. The Labute approximate surface area is 186 Å². The number of aromatic nitrogens is 1. The fraction of sp³-hybridized carbons (Fsp3) is 0. The van der Waals surface area contributed by atoms with Gasteiger partial charge >= 0.3 is 0 Å². The van der Waals surface area contributed by atoms with E-state index >= 15 is 0 Å². The van der Waals surface area contributed by atoms with Gasteiger partial charge in [-0.2, -0.15) is 0 Å². The van der Waals surface area contributed by atoms with Gasteiger partial charge in [0.1, 0.15) is 11.3 Å². The quantitative estimate of drug-likeness (QED) is 0.285. The Morgan fingerprint density at radius 3 is 2.31 bits per heavy atom. The molecular weight excluding hydrogens is 488 g/mol. The molecule has 0 atom stereocenters.